The van der Waals surface area contributed by atoms with Gasteiger partial charge in [-0.15, -0.1) is 0 Å². The molecule has 0 saturated carbocycles. The van der Waals surface area contributed by atoms with Crippen LogP contribution in [-0.4, -0.2) is 12.6 Å². The molecule has 3 nitrogen and oxygen atoms in total. The van der Waals surface area contributed by atoms with E-state index in [4.69, 9.17) is 14.9 Å². The van der Waals surface area contributed by atoms with Crippen molar-refractivity contribution in [3.05, 3.63) is 36.1 Å². The molecule has 3 heteroatoms. The summed E-state index contributed by atoms with van der Waals surface area (Å²) in [6.45, 7) is 0.741. The maximum atomic E-state index is 5.96. The van der Waals surface area contributed by atoms with Gasteiger partial charge in [0.1, 0.15) is 5.58 Å². The van der Waals surface area contributed by atoms with E-state index in [1.165, 1.54) is 0 Å². The number of rotatable bonds is 1. The number of furan rings is 1. The molecule has 2 aromatic rings. The van der Waals surface area contributed by atoms with Crippen molar-refractivity contribution >= 4 is 11.0 Å². The summed E-state index contributed by atoms with van der Waals surface area (Å²) in [5.74, 6) is 0. The van der Waals surface area contributed by atoms with Gasteiger partial charge in [0, 0.05) is 23.6 Å². The molecular formula is C13H15NO2. The zero-order valence-electron chi connectivity index (χ0n) is 9.06. The summed E-state index contributed by atoms with van der Waals surface area (Å²) < 4.78 is 11.3. The first kappa shape index (κ1) is 9.87. The molecule has 1 saturated heterocycles. The third-order valence-electron chi connectivity index (χ3n) is 3.18. The highest BCUT2D eigenvalue weighted by atomic mass is 16.5. The molecular weight excluding hydrogens is 202 g/mol. The van der Waals surface area contributed by atoms with Gasteiger partial charge in [0.05, 0.1) is 12.4 Å². The Morgan fingerprint density at radius 1 is 1.25 bits per heavy atom. The molecule has 2 unspecified atom stereocenters. The van der Waals surface area contributed by atoms with Crippen molar-refractivity contribution in [2.75, 3.05) is 6.61 Å². The van der Waals surface area contributed by atoms with Crippen LogP contribution in [0.4, 0.5) is 0 Å². The van der Waals surface area contributed by atoms with Gasteiger partial charge in [0.2, 0.25) is 0 Å². The van der Waals surface area contributed by atoms with Gasteiger partial charge < -0.3 is 14.9 Å². The lowest BCUT2D eigenvalue weighted by Gasteiger charge is -2.26. The fourth-order valence-electron chi connectivity index (χ4n) is 2.29. The lowest BCUT2D eigenvalue weighted by molar-refractivity contribution is 0.00711. The molecule has 16 heavy (non-hydrogen) atoms. The van der Waals surface area contributed by atoms with Crippen molar-refractivity contribution < 1.29 is 9.15 Å². The first-order chi connectivity index (χ1) is 7.84. The molecule has 0 bridgehead atoms. The maximum Gasteiger partial charge on any atom is 0.134 e. The first-order valence-electron chi connectivity index (χ1n) is 5.68. The summed E-state index contributed by atoms with van der Waals surface area (Å²) >= 11 is 0. The summed E-state index contributed by atoms with van der Waals surface area (Å²) in [6, 6.07) is 8.28. The SMILES string of the molecule is NC1CCOC(c2coc3ccccc23)C1. The molecule has 0 spiro atoms. The number of benzene rings is 1. The third-order valence-corrected chi connectivity index (χ3v) is 3.18. The van der Waals surface area contributed by atoms with Crippen molar-refractivity contribution in [2.24, 2.45) is 5.73 Å². The van der Waals surface area contributed by atoms with Crippen LogP contribution < -0.4 is 5.73 Å². The topological polar surface area (TPSA) is 48.4 Å². The highest BCUT2D eigenvalue weighted by Gasteiger charge is 2.24. The largest absolute Gasteiger partial charge is 0.464 e. The molecule has 1 aliphatic rings. The molecule has 0 radical (unpaired) electrons. The molecule has 0 aliphatic carbocycles. The van der Waals surface area contributed by atoms with Crippen molar-refractivity contribution in [1.82, 2.24) is 0 Å². The van der Waals surface area contributed by atoms with E-state index < -0.39 is 0 Å². The smallest absolute Gasteiger partial charge is 0.134 e. The average Bonchev–Trinajstić information content (AvgIpc) is 2.72. The number of fused-ring (bicyclic) bond motifs is 1. The van der Waals surface area contributed by atoms with Gasteiger partial charge >= 0.3 is 0 Å². The summed E-state index contributed by atoms with van der Waals surface area (Å²) in [5, 5.41) is 1.14. The van der Waals surface area contributed by atoms with Crippen LogP contribution in [0.2, 0.25) is 0 Å². The van der Waals surface area contributed by atoms with E-state index in [9.17, 15) is 0 Å². The molecule has 2 N–H and O–H groups in total. The van der Waals surface area contributed by atoms with Gasteiger partial charge in [-0.25, -0.2) is 0 Å². The van der Waals surface area contributed by atoms with Crippen molar-refractivity contribution in [1.29, 1.82) is 0 Å². The van der Waals surface area contributed by atoms with Gasteiger partial charge in [-0.2, -0.15) is 0 Å². The highest BCUT2D eigenvalue weighted by Crippen LogP contribution is 2.33. The summed E-state index contributed by atoms with van der Waals surface area (Å²) in [5.41, 5.74) is 8.01. The van der Waals surface area contributed by atoms with E-state index in [1.807, 2.05) is 18.2 Å². The number of hydrogen-bond donors (Lipinski definition) is 1. The Bertz CT molecular complexity index is 491. The quantitative estimate of drug-likeness (QED) is 0.798. The van der Waals surface area contributed by atoms with Gasteiger partial charge in [0.15, 0.2) is 0 Å². The normalized spacial score (nSPS) is 26.1. The summed E-state index contributed by atoms with van der Waals surface area (Å²) in [7, 11) is 0. The van der Waals surface area contributed by atoms with Crippen LogP contribution in [0.5, 0.6) is 0 Å². The molecule has 3 rings (SSSR count). The molecule has 0 amide bonds. The Balaban J connectivity index is 1.99. The molecule has 2 heterocycles. The van der Waals surface area contributed by atoms with Crippen LogP contribution in [0.3, 0.4) is 0 Å². The minimum Gasteiger partial charge on any atom is -0.464 e. The Hall–Kier alpha value is -1.32. The predicted molar refractivity (Wildman–Crippen MR) is 62.1 cm³/mol. The third kappa shape index (κ3) is 1.62. The first-order valence-corrected chi connectivity index (χ1v) is 5.68. The minimum atomic E-state index is 0.0902. The summed E-state index contributed by atoms with van der Waals surface area (Å²) in [4.78, 5) is 0. The zero-order valence-corrected chi connectivity index (χ0v) is 9.06. The van der Waals surface area contributed by atoms with Gasteiger partial charge in [-0.3, -0.25) is 0 Å². The zero-order chi connectivity index (χ0) is 11.0. The monoisotopic (exact) mass is 217 g/mol. The van der Waals surface area contributed by atoms with Crippen LogP contribution in [0.15, 0.2) is 34.9 Å². The van der Waals surface area contributed by atoms with E-state index >= 15 is 0 Å². The number of hydrogen-bond acceptors (Lipinski definition) is 3. The van der Waals surface area contributed by atoms with Crippen molar-refractivity contribution in [3.63, 3.8) is 0 Å². The molecule has 2 atom stereocenters. The number of para-hydroxylation sites is 1. The van der Waals surface area contributed by atoms with Crippen LogP contribution >= 0.6 is 0 Å². The fourth-order valence-corrected chi connectivity index (χ4v) is 2.29. The van der Waals surface area contributed by atoms with E-state index in [-0.39, 0.29) is 12.1 Å². The summed E-state index contributed by atoms with van der Waals surface area (Å²) in [6.07, 6.45) is 3.72. The molecule has 1 aromatic carbocycles. The number of ether oxygens (including phenoxy) is 1. The average molecular weight is 217 g/mol. The lowest BCUT2D eigenvalue weighted by Crippen LogP contribution is -2.30. The van der Waals surface area contributed by atoms with Crippen LogP contribution in [0, 0.1) is 0 Å². The second kappa shape index (κ2) is 3.92. The highest BCUT2D eigenvalue weighted by molar-refractivity contribution is 5.81. The Kier molecular flexibility index (Phi) is 2.42. The molecule has 1 fully saturated rings. The van der Waals surface area contributed by atoms with Crippen LogP contribution in [0.25, 0.3) is 11.0 Å². The predicted octanol–water partition coefficient (Wildman–Crippen LogP) is 2.61. The van der Waals surface area contributed by atoms with E-state index in [1.54, 1.807) is 6.26 Å². The van der Waals surface area contributed by atoms with Gasteiger partial charge in [-0.1, -0.05) is 18.2 Å². The van der Waals surface area contributed by atoms with Gasteiger partial charge in [-0.05, 0) is 18.9 Å². The fraction of sp³-hybridized carbons (Fsp3) is 0.385. The Morgan fingerprint density at radius 2 is 2.12 bits per heavy atom. The second-order valence-corrected chi connectivity index (χ2v) is 4.33. The van der Waals surface area contributed by atoms with Crippen molar-refractivity contribution in [3.8, 4) is 0 Å². The standard InChI is InChI=1S/C13H15NO2/c14-9-5-6-15-13(7-9)11-8-16-12-4-2-1-3-10(11)12/h1-4,8-9,13H,5-7,14H2. The number of nitrogens with two attached hydrogens (primary N) is 1. The molecule has 84 valence electrons. The van der Waals surface area contributed by atoms with Crippen molar-refractivity contribution in [2.45, 2.75) is 25.0 Å². The van der Waals surface area contributed by atoms with Crippen LogP contribution in [0.1, 0.15) is 24.5 Å². The maximum absolute atomic E-state index is 5.96. The van der Waals surface area contributed by atoms with Gasteiger partial charge in [0.25, 0.3) is 0 Å². The minimum absolute atomic E-state index is 0.0902. The second-order valence-electron chi connectivity index (χ2n) is 4.33. The van der Waals surface area contributed by atoms with E-state index in [0.29, 0.717) is 0 Å². The molecule has 1 aromatic heterocycles. The van der Waals surface area contributed by atoms with Crippen LogP contribution in [-0.2, 0) is 4.74 Å². The van der Waals surface area contributed by atoms with E-state index in [2.05, 4.69) is 6.07 Å². The van der Waals surface area contributed by atoms with E-state index in [0.717, 1.165) is 36.0 Å². The Labute approximate surface area is 94.2 Å². The Morgan fingerprint density at radius 3 is 3.00 bits per heavy atom. The molecule has 1 aliphatic heterocycles. The lowest BCUT2D eigenvalue weighted by atomic mass is 9.98.